The van der Waals surface area contributed by atoms with E-state index in [1.165, 1.54) is 13.3 Å². The van der Waals surface area contributed by atoms with Crippen molar-refractivity contribution in [2.75, 3.05) is 20.3 Å². The van der Waals surface area contributed by atoms with Crippen LogP contribution in [0.1, 0.15) is 22.8 Å². The molecular formula is C19H21N3O4. The highest BCUT2D eigenvalue weighted by atomic mass is 16.5. The van der Waals surface area contributed by atoms with Gasteiger partial charge < -0.3 is 14.8 Å². The van der Waals surface area contributed by atoms with E-state index < -0.39 is 11.8 Å². The Morgan fingerprint density at radius 2 is 1.96 bits per heavy atom. The van der Waals surface area contributed by atoms with Gasteiger partial charge in [-0.3, -0.25) is 9.59 Å². The van der Waals surface area contributed by atoms with Crippen LogP contribution in [0.5, 0.6) is 11.5 Å². The minimum Gasteiger partial charge on any atom is -0.496 e. The van der Waals surface area contributed by atoms with Crippen LogP contribution >= 0.6 is 0 Å². The lowest BCUT2D eigenvalue weighted by Crippen LogP contribution is -2.35. The molecule has 0 atom stereocenters. The van der Waals surface area contributed by atoms with Crippen LogP contribution in [0.2, 0.25) is 0 Å². The van der Waals surface area contributed by atoms with Crippen molar-refractivity contribution in [2.45, 2.75) is 6.92 Å². The van der Waals surface area contributed by atoms with E-state index in [-0.39, 0.29) is 6.54 Å². The average Bonchev–Trinajstić information content (AvgIpc) is 2.66. The Morgan fingerprint density at radius 1 is 1.15 bits per heavy atom. The summed E-state index contributed by atoms with van der Waals surface area (Å²) in [5.41, 5.74) is 3.51. The molecule has 0 aliphatic heterocycles. The molecule has 0 aliphatic rings. The maximum Gasteiger partial charge on any atom is 0.259 e. The summed E-state index contributed by atoms with van der Waals surface area (Å²) in [5, 5.41) is 6.39. The maximum absolute atomic E-state index is 12.1. The van der Waals surface area contributed by atoms with E-state index in [9.17, 15) is 9.59 Å². The number of nitrogens with zero attached hydrogens (tertiary/aromatic N) is 1. The van der Waals surface area contributed by atoms with Gasteiger partial charge in [0.25, 0.3) is 11.8 Å². The first kappa shape index (κ1) is 19.0. The molecule has 7 heteroatoms. The van der Waals surface area contributed by atoms with Gasteiger partial charge in [-0.1, -0.05) is 24.3 Å². The van der Waals surface area contributed by atoms with Crippen molar-refractivity contribution in [3.63, 3.8) is 0 Å². The molecule has 0 aliphatic carbocycles. The Bertz CT molecular complexity index is 790. The van der Waals surface area contributed by atoms with E-state index in [1.807, 2.05) is 31.2 Å². The summed E-state index contributed by atoms with van der Waals surface area (Å²) in [6.07, 6.45) is 1.50. The van der Waals surface area contributed by atoms with Crippen LogP contribution in [-0.2, 0) is 4.79 Å². The Hall–Kier alpha value is -3.35. The molecule has 0 bridgehead atoms. The number of nitrogens with one attached hydrogen (secondary N) is 2. The van der Waals surface area contributed by atoms with E-state index in [0.717, 1.165) is 11.3 Å². The first-order chi connectivity index (χ1) is 12.6. The number of ether oxygens (including phenoxy) is 2. The number of methoxy groups -OCH3 is 1. The predicted molar refractivity (Wildman–Crippen MR) is 98.7 cm³/mol. The lowest BCUT2D eigenvalue weighted by Gasteiger charge is -2.08. The summed E-state index contributed by atoms with van der Waals surface area (Å²) >= 11 is 0. The molecule has 2 rings (SSSR count). The largest absolute Gasteiger partial charge is 0.496 e. The number of hydrogen-bond acceptors (Lipinski definition) is 5. The molecule has 0 heterocycles. The fraction of sp³-hybridized carbons (Fsp3) is 0.211. The molecule has 0 spiro atoms. The molecule has 2 N–H and O–H groups in total. The van der Waals surface area contributed by atoms with Crippen LogP contribution in [-0.4, -0.2) is 38.3 Å². The smallest absolute Gasteiger partial charge is 0.259 e. The van der Waals surface area contributed by atoms with Crippen LogP contribution in [0.15, 0.2) is 53.6 Å². The normalized spacial score (nSPS) is 10.4. The van der Waals surface area contributed by atoms with E-state index in [4.69, 9.17) is 9.47 Å². The molecule has 0 radical (unpaired) electrons. The molecule has 0 saturated heterocycles. The number of rotatable bonds is 8. The Kier molecular flexibility index (Phi) is 7.17. The minimum absolute atomic E-state index is 0.201. The Labute approximate surface area is 152 Å². The molecule has 136 valence electrons. The van der Waals surface area contributed by atoms with Crippen LogP contribution in [0.4, 0.5) is 0 Å². The van der Waals surface area contributed by atoms with Gasteiger partial charge in [0, 0.05) is 0 Å². The summed E-state index contributed by atoms with van der Waals surface area (Å²) in [6.45, 7) is 2.27. The van der Waals surface area contributed by atoms with Gasteiger partial charge in [-0.2, -0.15) is 5.10 Å². The monoisotopic (exact) mass is 355 g/mol. The zero-order chi connectivity index (χ0) is 18.8. The molecule has 2 amide bonds. The summed E-state index contributed by atoms with van der Waals surface area (Å²) in [7, 11) is 1.48. The van der Waals surface area contributed by atoms with Crippen molar-refractivity contribution in [1.29, 1.82) is 0 Å². The number of benzene rings is 2. The van der Waals surface area contributed by atoms with Gasteiger partial charge in [-0.15, -0.1) is 0 Å². The highest BCUT2D eigenvalue weighted by Gasteiger charge is 2.12. The van der Waals surface area contributed by atoms with E-state index >= 15 is 0 Å². The van der Waals surface area contributed by atoms with Gasteiger partial charge in [0.15, 0.2) is 0 Å². The van der Waals surface area contributed by atoms with Gasteiger partial charge in [0.05, 0.1) is 32.0 Å². The predicted octanol–water partition coefficient (Wildman–Crippen LogP) is 1.97. The number of carbonyl (C=O) groups is 2. The average molecular weight is 355 g/mol. The van der Waals surface area contributed by atoms with E-state index in [1.54, 1.807) is 24.3 Å². The number of hydrazone groups is 1. The van der Waals surface area contributed by atoms with Gasteiger partial charge in [-0.05, 0) is 36.8 Å². The zero-order valence-electron chi connectivity index (χ0n) is 14.7. The first-order valence-corrected chi connectivity index (χ1v) is 8.10. The molecule has 2 aromatic carbocycles. The van der Waals surface area contributed by atoms with Gasteiger partial charge in [-0.25, -0.2) is 5.43 Å². The summed E-state index contributed by atoms with van der Waals surface area (Å²) in [6, 6.07) is 14.1. The van der Waals surface area contributed by atoms with Gasteiger partial charge >= 0.3 is 0 Å². The molecule has 7 nitrogen and oxygen atoms in total. The van der Waals surface area contributed by atoms with Crippen molar-refractivity contribution in [1.82, 2.24) is 10.7 Å². The van der Waals surface area contributed by atoms with E-state index in [2.05, 4.69) is 15.8 Å². The van der Waals surface area contributed by atoms with Crippen molar-refractivity contribution in [3.05, 3.63) is 59.7 Å². The van der Waals surface area contributed by atoms with E-state index in [0.29, 0.717) is 17.9 Å². The van der Waals surface area contributed by atoms with Crippen LogP contribution < -0.4 is 20.2 Å². The van der Waals surface area contributed by atoms with Crippen LogP contribution in [0, 0.1) is 0 Å². The summed E-state index contributed by atoms with van der Waals surface area (Å²) in [4.78, 5) is 23.9. The number of para-hydroxylation sites is 1. The molecule has 26 heavy (non-hydrogen) atoms. The SMILES string of the molecule is CCOc1cccc(C=NNC(=O)CNC(=O)c2ccccc2OC)c1. The van der Waals surface area contributed by atoms with Crippen molar-refractivity contribution < 1.29 is 19.1 Å². The molecule has 0 unspecified atom stereocenters. The number of carbonyl (C=O) groups excluding carboxylic acids is 2. The third kappa shape index (κ3) is 5.62. The van der Waals surface area contributed by atoms with Crippen LogP contribution in [0.3, 0.4) is 0 Å². The zero-order valence-corrected chi connectivity index (χ0v) is 14.7. The Morgan fingerprint density at radius 3 is 2.73 bits per heavy atom. The molecule has 2 aromatic rings. The first-order valence-electron chi connectivity index (χ1n) is 8.10. The van der Waals surface area contributed by atoms with Crippen molar-refractivity contribution >= 4 is 18.0 Å². The molecule has 0 fully saturated rings. The third-order valence-corrected chi connectivity index (χ3v) is 3.33. The van der Waals surface area contributed by atoms with Gasteiger partial charge in [0.2, 0.25) is 0 Å². The molecule has 0 aromatic heterocycles. The Balaban J connectivity index is 1.83. The quantitative estimate of drug-likeness (QED) is 0.560. The van der Waals surface area contributed by atoms with Crippen molar-refractivity contribution in [2.24, 2.45) is 5.10 Å². The highest BCUT2D eigenvalue weighted by molar-refractivity contribution is 5.98. The second-order valence-corrected chi connectivity index (χ2v) is 5.18. The minimum atomic E-state index is -0.439. The fourth-order valence-corrected chi connectivity index (χ4v) is 2.16. The fourth-order valence-electron chi connectivity index (χ4n) is 2.16. The maximum atomic E-state index is 12.1. The summed E-state index contributed by atoms with van der Waals surface area (Å²) in [5.74, 6) is 0.334. The number of amides is 2. The third-order valence-electron chi connectivity index (χ3n) is 3.33. The lowest BCUT2D eigenvalue weighted by atomic mass is 10.2. The summed E-state index contributed by atoms with van der Waals surface area (Å²) < 4.78 is 10.5. The lowest BCUT2D eigenvalue weighted by molar-refractivity contribution is -0.120. The topological polar surface area (TPSA) is 89.0 Å². The molecular weight excluding hydrogens is 334 g/mol. The van der Waals surface area contributed by atoms with Crippen molar-refractivity contribution in [3.8, 4) is 11.5 Å². The molecule has 0 saturated carbocycles. The highest BCUT2D eigenvalue weighted by Crippen LogP contribution is 2.16. The number of hydrogen-bond donors (Lipinski definition) is 2. The second-order valence-electron chi connectivity index (χ2n) is 5.18. The second kappa shape index (κ2) is 9.83. The van der Waals surface area contributed by atoms with Gasteiger partial charge in [0.1, 0.15) is 11.5 Å². The van der Waals surface area contributed by atoms with Crippen LogP contribution in [0.25, 0.3) is 0 Å². The standard InChI is InChI=1S/C19H21N3O4/c1-3-26-15-8-6-7-14(11-15)12-21-22-18(23)13-20-19(24)16-9-4-5-10-17(16)25-2/h4-12H,3,13H2,1-2H3,(H,20,24)(H,22,23).